The number of ether oxygens (including phenoxy) is 2. The van der Waals surface area contributed by atoms with Gasteiger partial charge in [0.15, 0.2) is 12.4 Å². The number of methoxy groups -OCH3 is 1. The predicted molar refractivity (Wildman–Crippen MR) is 84.1 cm³/mol. The van der Waals surface area contributed by atoms with Crippen molar-refractivity contribution in [3.05, 3.63) is 63.6 Å². The summed E-state index contributed by atoms with van der Waals surface area (Å²) >= 11 is 11.6. The van der Waals surface area contributed by atoms with E-state index in [0.717, 1.165) is 0 Å². The van der Waals surface area contributed by atoms with Crippen molar-refractivity contribution in [1.82, 2.24) is 0 Å². The highest BCUT2D eigenvalue weighted by molar-refractivity contribution is 6.31. The van der Waals surface area contributed by atoms with Crippen molar-refractivity contribution >= 4 is 35.0 Å². The van der Waals surface area contributed by atoms with Crippen molar-refractivity contribution in [2.24, 2.45) is 0 Å². The molecule has 114 valence electrons. The van der Waals surface area contributed by atoms with Crippen LogP contribution in [-0.2, 0) is 4.74 Å². The van der Waals surface area contributed by atoms with E-state index in [9.17, 15) is 9.59 Å². The Morgan fingerprint density at radius 2 is 1.64 bits per heavy atom. The third-order valence-electron chi connectivity index (χ3n) is 2.88. The molecule has 0 amide bonds. The normalized spacial score (nSPS) is 10.1. The number of benzene rings is 2. The maximum atomic E-state index is 12.0. The van der Waals surface area contributed by atoms with E-state index in [-0.39, 0.29) is 18.0 Å². The van der Waals surface area contributed by atoms with Gasteiger partial charge >= 0.3 is 5.97 Å². The molecule has 0 bridgehead atoms. The molecular weight excluding hydrogens is 327 g/mol. The molecule has 0 heterocycles. The Bertz CT molecular complexity index is 696. The molecule has 0 spiro atoms. The minimum absolute atomic E-state index is 0.166. The van der Waals surface area contributed by atoms with Gasteiger partial charge in [-0.1, -0.05) is 23.2 Å². The number of hydrogen-bond donors (Lipinski definition) is 0. The number of hydrogen-bond acceptors (Lipinski definition) is 4. The zero-order chi connectivity index (χ0) is 16.1. The van der Waals surface area contributed by atoms with Crippen molar-refractivity contribution in [1.29, 1.82) is 0 Å². The maximum absolute atomic E-state index is 12.0. The summed E-state index contributed by atoms with van der Waals surface area (Å²) in [6.45, 7) is -0.379. The SMILES string of the molecule is COc1ccc(Cl)cc1C(=O)OCC(=O)c1ccc(Cl)cc1. The maximum Gasteiger partial charge on any atom is 0.342 e. The van der Waals surface area contributed by atoms with Gasteiger partial charge in [-0.25, -0.2) is 4.79 Å². The first-order valence-corrected chi connectivity index (χ1v) is 7.06. The van der Waals surface area contributed by atoms with Crippen molar-refractivity contribution in [3.63, 3.8) is 0 Å². The van der Waals surface area contributed by atoms with E-state index in [4.69, 9.17) is 32.7 Å². The lowest BCUT2D eigenvalue weighted by atomic mass is 10.1. The minimum atomic E-state index is -0.679. The summed E-state index contributed by atoms with van der Waals surface area (Å²) in [6.07, 6.45) is 0. The minimum Gasteiger partial charge on any atom is -0.496 e. The van der Waals surface area contributed by atoms with Crippen LogP contribution in [0.25, 0.3) is 0 Å². The highest BCUT2D eigenvalue weighted by Gasteiger charge is 2.16. The van der Waals surface area contributed by atoms with Crippen LogP contribution in [0.1, 0.15) is 20.7 Å². The number of ketones is 1. The molecule has 22 heavy (non-hydrogen) atoms. The number of Topliss-reactive ketones (excluding diaryl/α,β-unsaturated/α-hetero) is 1. The van der Waals surface area contributed by atoms with Gasteiger partial charge in [-0.3, -0.25) is 4.79 Å². The molecule has 6 heteroatoms. The molecule has 0 atom stereocenters. The van der Waals surface area contributed by atoms with Gasteiger partial charge in [-0.2, -0.15) is 0 Å². The van der Waals surface area contributed by atoms with Crippen LogP contribution in [0.4, 0.5) is 0 Å². The molecule has 0 saturated heterocycles. The molecule has 2 aromatic carbocycles. The molecule has 0 aliphatic carbocycles. The van der Waals surface area contributed by atoms with Crippen LogP contribution >= 0.6 is 23.2 Å². The molecule has 0 radical (unpaired) electrons. The smallest absolute Gasteiger partial charge is 0.342 e. The van der Waals surface area contributed by atoms with Gasteiger partial charge in [0.1, 0.15) is 11.3 Å². The fourth-order valence-electron chi connectivity index (χ4n) is 1.77. The van der Waals surface area contributed by atoms with E-state index in [1.54, 1.807) is 36.4 Å². The quantitative estimate of drug-likeness (QED) is 0.609. The van der Waals surface area contributed by atoms with Crippen molar-refractivity contribution in [2.45, 2.75) is 0 Å². The molecule has 0 unspecified atom stereocenters. The fraction of sp³-hybridized carbons (Fsp3) is 0.125. The zero-order valence-corrected chi connectivity index (χ0v) is 13.1. The van der Waals surface area contributed by atoms with Gasteiger partial charge in [-0.05, 0) is 42.5 Å². The van der Waals surface area contributed by atoms with Gasteiger partial charge in [-0.15, -0.1) is 0 Å². The summed E-state index contributed by atoms with van der Waals surface area (Å²) in [6, 6.07) is 10.9. The molecule has 4 nitrogen and oxygen atoms in total. The number of carbonyl (C=O) groups is 2. The topological polar surface area (TPSA) is 52.6 Å². The van der Waals surface area contributed by atoms with Crippen molar-refractivity contribution in [2.75, 3.05) is 13.7 Å². The average Bonchev–Trinajstić information content (AvgIpc) is 2.53. The lowest BCUT2D eigenvalue weighted by molar-refractivity contribution is 0.0471. The molecule has 0 aliphatic heterocycles. The van der Waals surface area contributed by atoms with E-state index >= 15 is 0 Å². The first-order valence-electron chi connectivity index (χ1n) is 6.30. The van der Waals surface area contributed by atoms with E-state index in [1.807, 2.05) is 0 Å². The highest BCUT2D eigenvalue weighted by Crippen LogP contribution is 2.23. The van der Waals surface area contributed by atoms with E-state index in [1.165, 1.54) is 13.2 Å². The summed E-state index contributed by atoms with van der Waals surface area (Å²) in [5, 5.41) is 0.897. The second kappa shape index (κ2) is 7.29. The van der Waals surface area contributed by atoms with Crippen molar-refractivity contribution < 1.29 is 19.1 Å². The molecule has 0 aliphatic rings. The van der Waals surface area contributed by atoms with Crippen molar-refractivity contribution in [3.8, 4) is 5.75 Å². The third kappa shape index (κ3) is 4.00. The standard InChI is InChI=1S/C16H12Cl2O4/c1-21-15-7-6-12(18)8-13(15)16(20)22-9-14(19)10-2-4-11(17)5-3-10/h2-8H,9H2,1H3. The molecule has 0 aromatic heterocycles. The number of carbonyl (C=O) groups excluding carboxylic acids is 2. The Labute approximate surface area is 137 Å². The number of esters is 1. The van der Waals surface area contributed by atoms with E-state index in [2.05, 4.69) is 0 Å². The second-order valence-corrected chi connectivity index (χ2v) is 5.22. The zero-order valence-electron chi connectivity index (χ0n) is 11.6. The molecule has 0 fully saturated rings. The molecule has 2 aromatic rings. The average molecular weight is 339 g/mol. The van der Waals surface area contributed by atoms with Crippen LogP contribution in [0.3, 0.4) is 0 Å². The van der Waals surface area contributed by atoms with Crippen LogP contribution < -0.4 is 4.74 Å². The highest BCUT2D eigenvalue weighted by atomic mass is 35.5. The van der Waals surface area contributed by atoms with Crippen LogP contribution in [0.15, 0.2) is 42.5 Å². The van der Waals surface area contributed by atoms with Crippen LogP contribution in [-0.4, -0.2) is 25.5 Å². The Kier molecular flexibility index (Phi) is 5.41. The second-order valence-electron chi connectivity index (χ2n) is 4.35. The molecule has 2 rings (SSSR count). The molecule has 0 saturated carbocycles. The summed E-state index contributed by atoms with van der Waals surface area (Å²) in [4.78, 5) is 24.0. The van der Waals surface area contributed by atoms with Gasteiger partial charge in [0, 0.05) is 15.6 Å². The van der Waals surface area contributed by atoms with Gasteiger partial charge in [0.05, 0.1) is 7.11 Å². The monoisotopic (exact) mass is 338 g/mol. The van der Waals surface area contributed by atoms with E-state index < -0.39 is 5.97 Å². The molecular formula is C16H12Cl2O4. The van der Waals surface area contributed by atoms with Gasteiger partial charge in [0.2, 0.25) is 0 Å². The van der Waals surface area contributed by atoms with Gasteiger partial charge < -0.3 is 9.47 Å². The summed E-state index contributed by atoms with van der Waals surface area (Å²) in [5.74, 6) is -0.680. The van der Waals surface area contributed by atoms with Gasteiger partial charge in [0.25, 0.3) is 0 Å². The van der Waals surface area contributed by atoms with E-state index in [0.29, 0.717) is 21.4 Å². The van der Waals surface area contributed by atoms with Crippen LogP contribution in [0.2, 0.25) is 10.0 Å². The lowest BCUT2D eigenvalue weighted by Gasteiger charge is -2.09. The Balaban J connectivity index is 2.05. The summed E-state index contributed by atoms with van der Waals surface area (Å²) in [7, 11) is 1.43. The predicted octanol–water partition coefficient (Wildman–Crippen LogP) is 4.04. The lowest BCUT2D eigenvalue weighted by Crippen LogP contribution is -2.15. The third-order valence-corrected chi connectivity index (χ3v) is 3.37. The Morgan fingerprint density at radius 3 is 2.27 bits per heavy atom. The number of rotatable bonds is 5. The Hall–Kier alpha value is -2.04. The molecule has 0 N–H and O–H groups in total. The number of halogens is 2. The van der Waals surface area contributed by atoms with Crippen LogP contribution in [0, 0.1) is 0 Å². The Morgan fingerprint density at radius 1 is 1.00 bits per heavy atom. The first-order chi connectivity index (χ1) is 10.5. The summed E-state index contributed by atoms with van der Waals surface area (Å²) in [5.41, 5.74) is 0.578. The first kappa shape index (κ1) is 16.3. The fourth-order valence-corrected chi connectivity index (χ4v) is 2.07. The largest absolute Gasteiger partial charge is 0.496 e. The summed E-state index contributed by atoms with van der Waals surface area (Å²) < 4.78 is 10.1. The van der Waals surface area contributed by atoms with Crippen LogP contribution in [0.5, 0.6) is 5.75 Å².